The molecular weight excluding hydrogens is 210 g/mol. The Morgan fingerprint density at radius 3 is 3.06 bits per heavy atom. The van der Waals surface area contributed by atoms with Gasteiger partial charge in [-0.3, -0.25) is 10.1 Å². The van der Waals surface area contributed by atoms with Crippen LogP contribution >= 0.6 is 0 Å². The SMILES string of the molecule is NC(=O)C(NC1CC1)c1cn(CCO)nn1. The monoisotopic (exact) mass is 225 g/mol. The third kappa shape index (κ3) is 2.56. The Kier molecular flexibility index (Phi) is 3.16. The molecule has 1 aromatic heterocycles. The summed E-state index contributed by atoms with van der Waals surface area (Å²) in [5.41, 5.74) is 5.81. The maximum absolute atomic E-state index is 11.3. The molecule has 1 amide bonds. The van der Waals surface area contributed by atoms with Gasteiger partial charge in [0, 0.05) is 6.04 Å². The van der Waals surface area contributed by atoms with Gasteiger partial charge >= 0.3 is 0 Å². The minimum Gasteiger partial charge on any atom is -0.394 e. The van der Waals surface area contributed by atoms with Gasteiger partial charge in [0.25, 0.3) is 0 Å². The summed E-state index contributed by atoms with van der Waals surface area (Å²) < 4.78 is 1.49. The first-order valence-electron chi connectivity index (χ1n) is 5.27. The number of amides is 1. The van der Waals surface area contributed by atoms with Gasteiger partial charge < -0.3 is 10.8 Å². The highest BCUT2D eigenvalue weighted by atomic mass is 16.3. The van der Waals surface area contributed by atoms with Crippen molar-refractivity contribution in [2.45, 2.75) is 31.5 Å². The lowest BCUT2D eigenvalue weighted by Gasteiger charge is -2.11. The van der Waals surface area contributed by atoms with Gasteiger partial charge in [-0.1, -0.05) is 5.21 Å². The molecule has 1 aliphatic carbocycles. The molecule has 7 heteroatoms. The smallest absolute Gasteiger partial charge is 0.240 e. The lowest BCUT2D eigenvalue weighted by molar-refractivity contribution is -0.120. The molecule has 1 unspecified atom stereocenters. The topological polar surface area (TPSA) is 106 Å². The minimum atomic E-state index is -0.583. The van der Waals surface area contributed by atoms with E-state index >= 15 is 0 Å². The molecule has 7 nitrogen and oxygen atoms in total. The number of carbonyl (C=O) groups is 1. The van der Waals surface area contributed by atoms with Crippen molar-refractivity contribution in [3.63, 3.8) is 0 Å². The molecule has 88 valence electrons. The van der Waals surface area contributed by atoms with Crippen LogP contribution in [0, 0.1) is 0 Å². The molecule has 1 heterocycles. The zero-order valence-corrected chi connectivity index (χ0v) is 8.83. The quantitative estimate of drug-likeness (QED) is 0.549. The number of aliphatic hydroxyl groups is 1. The largest absolute Gasteiger partial charge is 0.394 e. The number of nitrogens with two attached hydrogens (primary N) is 1. The standard InChI is InChI=1S/C9H15N5O2/c10-9(16)8(11-6-1-2-6)7-5-14(3-4-15)13-12-7/h5-6,8,11,15H,1-4H2,(H2,10,16). The van der Waals surface area contributed by atoms with E-state index in [0.29, 0.717) is 18.3 Å². The molecule has 1 fully saturated rings. The molecule has 0 aliphatic heterocycles. The summed E-state index contributed by atoms with van der Waals surface area (Å²) in [5.74, 6) is -0.456. The molecular formula is C9H15N5O2. The van der Waals surface area contributed by atoms with Crippen LogP contribution in [0.2, 0.25) is 0 Å². The Morgan fingerprint density at radius 2 is 2.50 bits per heavy atom. The molecule has 0 saturated heterocycles. The number of nitrogens with one attached hydrogen (secondary N) is 1. The van der Waals surface area contributed by atoms with Crippen LogP contribution in [0.4, 0.5) is 0 Å². The highest BCUT2D eigenvalue weighted by molar-refractivity contribution is 5.80. The van der Waals surface area contributed by atoms with Gasteiger partial charge in [0.05, 0.1) is 19.3 Å². The van der Waals surface area contributed by atoms with Gasteiger partial charge in [0.2, 0.25) is 5.91 Å². The highest BCUT2D eigenvalue weighted by Crippen LogP contribution is 2.23. The predicted octanol–water partition coefficient (Wildman–Crippen LogP) is -1.45. The second kappa shape index (κ2) is 4.58. The summed E-state index contributed by atoms with van der Waals surface area (Å²) in [6.07, 6.45) is 3.75. The maximum atomic E-state index is 11.3. The van der Waals surface area contributed by atoms with Crippen LogP contribution in [0.3, 0.4) is 0 Å². The van der Waals surface area contributed by atoms with Crippen molar-refractivity contribution in [3.8, 4) is 0 Å². The van der Waals surface area contributed by atoms with E-state index in [1.165, 1.54) is 4.68 Å². The van der Waals surface area contributed by atoms with Gasteiger partial charge in [0.1, 0.15) is 11.7 Å². The second-order valence-electron chi connectivity index (χ2n) is 3.91. The zero-order chi connectivity index (χ0) is 11.5. The van der Waals surface area contributed by atoms with E-state index in [4.69, 9.17) is 10.8 Å². The molecule has 2 rings (SSSR count). The fourth-order valence-corrected chi connectivity index (χ4v) is 1.46. The molecule has 0 radical (unpaired) electrons. The fourth-order valence-electron chi connectivity index (χ4n) is 1.46. The molecule has 1 atom stereocenters. The van der Waals surface area contributed by atoms with Crippen molar-refractivity contribution in [1.29, 1.82) is 0 Å². The van der Waals surface area contributed by atoms with E-state index < -0.39 is 11.9 Å². The first-order valence-corrected chi connectivity index (χ1v) is 5.27. The number of rotatable bonds is 6. The van der Waals surface area contributed by atoms with Crippen molar-refractivity contribution < 1.29 is 9.90 Å². The summed E-state index contributed by atoms with van der Waals surface area (Å²) in [6.45, 7) is 0.349. The predicted molar refractivity (Wildman–Crippen MR) is 55.2 cm³/mol. The van der Waals surface area contributed by atoms with E-state index in [-0.39, 0.29) is 6.61 Å². The Morgan fingerprint density at radius 1 is 1.75 bits per heavy atom. The first kappa shape index (κ1) is 11.0. The Balaban J connectivity index is 2.07. The molecule has 16 heavy (non-hydrogen) atoms. The number of aromatic nitrogens is 3. The summed E-state index contributed by atoms with van der Waals surface area (Å²) >= 11 is 0. The van der Waals surface area contributed by atoms with Crippen LogP contribution in [-0.2, 0) is 11.3 Å². The normalized spacial score (nSPS) is 17.3. The van der Waals surface area contributed by atoms with Gasteiger partial charge in [-0.25, -0.2) is 4.68 Å². The van der Waals surface area contributed by atoms with Crippen LogP contribution < -0.4 is 11.1 Å². The number of primary amides is 1. The van der Waals surface area contributed by atoms with Gasteiger partial charge in [0.15, 0.2) is 0 Å². The van der Waals surface area contributed by atoms with Crippen LogP contribution in [-0.4, -0.2) is 38.7 Å². The van der Waals surface area contributed by atoms with E-state index in [0.717, 1.165) is 12.8 Å². The summed E-state index contributed by atoms with van der Waals surface area (Å²) in [5, 5.41) is 19.5. The minimum absolute atomic E-state index is 0.0138. The van der Waals surface area contributed by atoms with E-state index in [1.54, 1.807) is 6.20 Å². The molecule has 1 aliphatic rings. The first-order chi connectivity index (χ1) is 7.70. The van der Waals surface area contributed by atoms with Crippen LogP contribution in [0.1, 0.15) is 24.6 Å². The van der Waals surface area contributed by atoms with Crippen LogP contribution in [0.15, 0.2) is 6.20 Å². The van der Waals surface area contributed by atoms with Gasteiger partial charge in [-0.05, 0) is 12.8 Å². The maximum Gasteiger partial charge on any atom is 0.240 e. The highest BCUT2D eigenvalue weighted by Gasteiger charge is 2.29. The molecule has 0 aromatic carbocycles. The van der Waals surface area contributed by atoms with Crippen LogP contribution in [0.25, 0.3) is 0 Å². The Bertz CT molecular complexity index is 374. The number of hydrogen-bond donors (Lipinski definition) is 3. The lowest BCUT2D eigenvalue weighted by Crippen LogP contribution is -2.35. The molecule has 0 spiro atoms. The average molecular weight is 225 g/mol. The average Bonchev–Trinajstić information content (AvgIpc) is 2.95. The summed E-state index contributed by atoms with van der Waals surface area (Å²) in [6, 6.07) is -0.222. The number of nitrogens with zero attached hydrogens (tertiary/aromatic N) is 3. The number of aliphatic hydroxyl groups excluding tert-OH is 1. The fraction of sp³-hybridized carbons (Fsp3) is 0.667. The molecule has 4 N–H and O–H groups in total. The zero-order valence-electron chi connectivity index (χ0n) is 8.83. The Hall–Kier alpha value is -1.47. The van der Waals surface area contributed by atoms with Crippen molar-refractivity contribution in [1.82, 2.24) is 20.3 Å². The lowest BCUT2D eigenvalue weighted by atomic mass is 10.2. The van der Waals surface area contributed by atoms with Crippen molar-refractivity contribution in [2.24, 2.45) is 5.73 Å². The van der Waals surface area contributed by atoms with Crippen molar-refractivity contribution >= 4 is 5.91 Å². The second-order valence-corrected chi connectivity index (χ2v) is 3.91. The summed E-state index contributed by atoms with van der Waals surface area (Å²) in [4.78, 5) is 11.3. The molecule has 0 bridgehead atoms. The third-order valence-electron chi connectivity index (χ3n) is 2.45. The van der Waals surface area contributed by atoms with Crippen molar-refractivity contribution in [3.05, 3.63) is 11.9 Å². The van der Waals surface area contributed by atoms with E-state index in [1.807, 2.05) is 0 Å². The number of hydrogen-bond acceptors (Lipinski definition) is 5. The Labute approximate surface area is 92.6 Å². The summed E-state index contributed by atoms with van der Waals surface area (Å²) in [7, 11) is 0. The van der Waals surface area contributed by atoms with E-state index in [9.17, 15) is 4.79 Å². The molecule has 1 saturated carbocycles. The number of carbonyl (C=O) groups excluding carboxylic acids is 1. The third-order valence-corrected chi connectivity index (χ3v) is 2.45. The molecule has 1 aromatic rings. The van der Waals surface area contributed by atoms with Gasteiger partial charge in [-0.15, -0.1) is 5.10 Å². The van der Waals surface area contributed by atoms with E-state index in [2.05, 4.69) is 15.6 Å². The van der Waals surface area contributed by atoms with Crippen molar-refractivity contribution in [2.75, 3.05) is 6.61 Å². The van der Waals surface area contributed by atoms with Crippen LogP contribution in [0.5, 0.6) is 0 Å². The van der Waals surface area contributed by atoms with Gasteiger partial charge in [-0.2, -0.15) is 0 Å².